The molecule has 6 nitrogen and oxygen atoms in total. The molecule has 0 aliphatic rings. The predicted octanol–water partition coefficient (Wildman–Crippen LogP) is 5.33. The predicted molar refractivity (Wildman–Crippen MR) is 120 cm³/mol. The van der Waals surface area contributed by atoms with Crippen LogP contribution in [0.15, 0.2) is 66.7 Å². The van der Waals surface area contributed by atoms with Gasteiger partial charge in [0.1, 0.15) is 17.4 Å². The van der Waals surface area contributed by atoms with E-state index in [-0.39, 0.29) is 11.8 Å². The zero-order valence-corrected chi connectivity index (χ0v) is 17.5. The number of amides is 2. The maximum atomic E-state index is 13.4. The summed E-state index contributed by atoms with van der Waals surface area (Å²) in [6, 6.07) is 18.5. The molecule has 1 heterocycles. The number of para-hydroxylation sites is 2. The summed E-state index contributed by atoms with van der Waals surface area (Å²) in [4.78, 5) is 17.1. The van der Waals surface area contributed by atoms with E-state index in [0.717, 1.165) is 16.6 Å². The zero-order valence-electron chi connectivity index (χ0n) is 16.7. The summed E-state index contributed by atoms with van der Waals surface area (Å²) < 4.78 is 20.6. The Hall–Kier alpha value is -3.58. The smallest absolute Gasteiger partial charge is 0.319 e. The number of hydrogen-bond acceptors (Lipinski definition) is 3. The standard InChI is InChI=1S/C23H20ClFN4O2/c1-31-21-11-8-16(24)14-19(21)28-23(30)26-12-13-29-20-5-3-2-4-18(20)27-22(29)15-6-9-17(25)10-7-15/h2-11,14H,12-13H2,1H3,(H2,26,28,30). The van der Waals surface area contributed by atoms with Crippen molar-refractivity contribution in [1.29, 1.82) is 0 Å². The molecule has 0 radical (unpaired) electrons. The molecule has 2 N–H and O–H groups in total. The molecule has 4 rings (SSSR count). The number of nitrogens with one attached hydrogen (secondary N) is 2. The summed E-state index contributed by atoms with van der Waals surface area (Å²) in [5, 5.41) is 6.07. The Bertz CT molecular complexity index is 1220. The molecule has 3 aromatic carbocycles. The molecule has 0 unspecified atom stereocenters. The fourth-order valence-corrected chi connectivity index (χ4v) is 3.52. The summed E-state index contributed by atoms with van der Waals surface area (Å²) in [5.74, 6) is 0.917. The van der Waals surface area contributed by atoms with Crippen LogP contribution in [0.2, 0.25) is 5.02 Å². The second kappa shape index (κ2) is 9.06. The summed E-state index contributed by atoms with van der Waals surface area (Å²) >= 11 is 6.01. The number of carbonyl (C=O) groups is 1. The van der Waals surface area contributed by atoms with Crippen LogP contribution >= 0.6 is 11.6 Å². The van der Waals surface area contributed by atoms with E-state index in [1.165, 1.54) is 19.2 Å². The van der Waals surface area contributed by atoms with Crippen LogP contribution in [0.1, 0.15) is 0 Å². The third-order valence-corrected chi connectivity index (χ3v) is 5.02. The van der Waals surface area contributed by atoms with Gasteiger partial charge in [-0.3, -0.25) is 0 Å². The lowest BCUT2D eigenvalue weighted by Gasteiger charge is -2.13. The molecule has 158 valence electrons. The molecule has 0 saturated carbocycles. The normalized spacial score (nSPS) is 10.8. The highest BCUT2D eigenvalue weighted by molar-refractivity contribution is 6.31. The highest BCUT2D eigenvalue weighted by atomic mass is 35.5. The fraction of sp³-hybridized carbons (Fsp3) is 0.130. The number of rotatable bonds is 6. The SMILES string of the molecule is COc1ccc(Cl)cc1NC(=O)NCCn1c(-c2ccc(F)cc2)nc2ccccc21. The second-order valence-electron chi connectivity index (χ2n) is 6.81. The second-order valence-corrected chi connectivity index (χ2v) is 7.24. The molecule has 8 heteroatoms. The summed E-state index contributed by atoms with van der Waals surface area (Å²) in [5.41, 5.74) is 3.04. The van der Waals surface area contributed by atoms with Gasteiger partial charge in [-0.2, -0.15) is 0 Å². The first kappa shape index (κ1) is 20.7. The van der Waals surface area contributed by atoms with Crippen LogP contribution in [0.5, 0.6) is 5.75 Å². The molecule has 0 fully saturated rings. The average molecular weight is 439 g/mol. The molecule has 0 aliphatic carbocycles. The van der Waals surface area contributed by atoms with Gasteiger partial charge in [0.15, 0.2) is 0 Å². The van der Waals surface area contributed by atoms with Crippen LogP contribution in [0.25, 0.3) is 22.4 Å². The number of ether oxygens (including phenoxy) is 1. The number of anilines is 1. The molecular formula is C23H20ClFN4O2. The van der Waals surface area contributed by atoms with Crippen LogP contribution in [-0.4, -0.2) is 29.2 Å². The molecule has 2 amide bonds. The molecule has 0 aliphatic heterocycles. The lowest BCUT2D eigenvalue weighted by Crippen LogP contribution is -2.31. The van der Waals surface area contributed by atoms with E-state index in [2.05, 4.69) is 10.6 Å². The number of carbonyl (C=O) groups excluding carboxylic acids is 1. The number of benzene rings is 3. The van der Waals surface area contributed by atoms with Crippen molar-refractivity contribution in [3.8, 4) is 17.1 Å². The molecule has 1 aromatic heterocycles. The first-order valence-corrected chi connectivity index (χ1v) is 10.0. The summed E-state index contributed by atoms with van der Waals surface area (Å²) in [6.07, 6.45) is 0. The summed E-state index contributed by atoms with van der Waals surface area (Å²) in [7, 11) is 1.52. The van der Waals surface area contributed by atoms with Crippen molar-refractivity contribution in [3.63, 3.8) is 0 Å². The van der Waals surface area contributed by atoms with Gasteiger partial charge in [-0.05, 0) is 54.6 Å². The van der Waals surface area contributed by atoms with E-state index >= 15 is 0 Å². The van der Waals surface area contributed by atoms with Gasteiger partial charge in [0.05, 0.1) is 23.8 Å². The minimum absolute atomic E-state index is 0.304. The van der Waals surface area contributed by atoms with E-state index in [1.807, 2.05) is 28.8 Å². The largest absolute Gasteiger partial charge is 0.495 e. The van der Waals surface area contributed by atoms with Crippen LogP contribution in [0.4, 0.5) is 14.9 Å². The van der Waals surface area contributed by atoms with Crippen molar-refractivity contribution in [3.05, 3.63) is 77.6 Å². The highest BCUT2D eigenvalue weighted by Gasteiger charge is 2.13. The van der Waals surface area contributed by atoms with Crippen molar-refractivity contribution in [2.45, 2.75) is 6.54 Å². The molecule has 0 atom stereocenters. The third-order valence-electron chi connectivity index (χ3n) is 4.79. The number of fused-ring (bicyclic) bond motifs is 1. The first-order chi connectivity index (χ1) is 15.0. The lowest BCUT2D eigenvalue weighted by atomic mass is 10.2. The molecule has 4 aromatic rings. The topological polar surface area (TPSA) is 68.2 Å². The van der Waals surface area contributed by atoms with E-state index in [4.69, 9.17) is 21.3 Å². The third kappa shape index (κ3) is 4.62. The van der Waals surface area contributed by atoms with E-state index in [1.54, 1.807) is 30.3 Å². The maximum absolute atomic E-state index is 13.4. The van der Waals surface area contributed by atoms with Crippen molar-refractivity contribution < 1.29 is 13.9 Å². The number of aromatic nitrogens is 2. The minimum Gasteiger partial charge on any atom is -0.495 e. The van der Waals surface area contributed by atoms with Gasteiger partial charge in [0.2, 0.25) is 0 Å². The molecule has 31 heavy (non-hydrogen) atoms. The van der Waals surface area contributed by atoms with Crippen molar-refractivity contribution in [1.82, 2.24) is 14.9 Å². The first-order valence-electron chi connectivity index (χ1n) is 9.65. The van der Waals surface area contributed by atoms with E-state index in [9.17, 15) is 9.18 Å². The Morgan fingerprint density at radius 2 is 1.90 bits per heavy atom. The number of halogens is 2. The summed E-state index contributed by atoms with van der Waals surface area (Å²) in [6.45, 7) is 0.830. The van der Waals surface area contributed by atoms with E-state index < -0.39 is 0 Å². The Kier molecular flexibility index (Phi) is 6.04. The van der Waals surface area contributed by atoms with Crippen LogP contribution in [-0.2, 0) is 6.54 Å². The van der Waals surface area contributed by atoms with E-state index in [0.29, 0.717) is 35.4 Å². The quantitative estimate of drug-likeness (QED) is 0.427. The fourth-order valence-electron chi connectivity index (χ4n) is 3.35. The van der Waals surface area contributed by atoms with Crippen molar-refractivity contribution in [2.24, 2.45) is 0 Å². The van der Waals surface area contributed by atoms with Crippen LogP contribution in [0.3, 0.4) is 0 Å². The van der Waals surface area contributed by atoms with Gasteiger partial charge in [-0.15, -0.1) is 0 Å². The van der Waals surface area contributed by atoms with Crippen molar-refractivity contribution in [2.75, 3.05) is 19.0 Å². The van der Waals surface area contributed by atoms with Gasteiger partial charge in [-0.1, -0.05) is 23.7 Å². The van der Waals surface area contributed by atoms with Gasteiger partial charge < -0.3 is 19.9 Å². The molecule has 0 spiro atoms. The monoisotopic (exact) mass is 438 g/mol. The van der Waals surface area contributed by atoms with Gasteiger partial charge >= 0.3 is 6.03 Å². The number of methoxy groups -OCH3 is 1. The molecule has 0 saturated heterocycles. The highest BCUT2D eigenvalue weighted by Crippen LogP contribution is 2.28. The number of nitrogens with zero attached hydrogens (tertiary/aromatic N) is 2. The van der Waals surface area contributed by atoms with Crippen LogP contribution in [0, 0.1) is 5.82 Å². The Morgan fingerprint density at radius 3 is 2.68 bits per heavy atom. The number of hydrogen-bond donors (Lipinski definition) is 2. The van der Waals surface area contributed by atoms with Crippen molar-refractivity contribution >= 4 is 34.4 Å². The van der Waals surface area contributed by atoms with Gasteiger partial charge in [-0.25, -0.2) is 14.2 Å². The average Bonchev–Trinajstić information content (AvgIpc) is 3.13. The number of urea groups is 1. The molecule has 0 bridgehead atoms. The number of imidazole rings is 1. The lowest BCUT2D eigenvalue weighted by molar-refractivity contribution is 0.251. The van der Waals surface area contributed by atoms with Gasteiger partial charge in [0, 0.05) is 23.7 Å². The Balaban J connectivity index is 1.50. The minimum atomic E-state index is -0.381. The molecular weight excluding hydrogens is 419 g/mol. The van der Waals surface area contributed by atoms with Crippen LogP contribution < -0.4 is 15.4 Å². The zero-order chi connectivity index (χ0) is 21.8. The Morgan fingerprint density at radius 1 is 1.13 bits per heavy atom. The Labute approximate surface area is 183 Å². The van der Waals surface area contributed by atoms with Gasteiger partial charge in [0.25, 0.3) is 0 Å². The maximum Gasteiger partial charge on any atom is 0.319 e.